The van der Waals surface area contributed by atoms with E-state index in [4.69, 9.17) is 25.8 Å². The number of amides is 1. The maximum Gasteiger partial charge on any atom is 0.410 e. The number of nitrogens with zero attached hydrogens (tertiary/aromatic N) is 3. The summed E-state index contributed by atoms with van der Waals surface area (Å²) in [6.45, 7) is 7.76. The number of hydrogen-bond acceptors (Lipinski definition) is 6. The van der Waals surface area contributed by atoms with Crippen molar-refractivity contribution in [2.75, 3.05) is 33.4 Å². The summed E-state index contributed by atoms with van der Waals surface area (Å²) in [5, 5.41) is 0.377. The number of carbonyl (C=O) groups is 1. The maximum atomic E-state index is 12.1. The zero-order valence-corrected chi connectivity index (χ0v) is 16.0. The molecule has 7 nitrogen and oxygen atoms in total. The normalized spacial score (nSPS) is 17.6. The van der Waals surface area contributed by atoms with Crippen LogP contribution in [0.25, 0.3) is 0 Å². The van der Waals surface area contributed by atoms with E-state index >= 15 is 0 Å². The highest BCUT2D eigenvalue weighted by atomic mass is 35.5. The molecule has 0 aliphatic carbocycles. The van der Waals surface area contributed by atoms with Gasteiger partial charge in [0.05, 0.1) is 12.8 Å². The van der Waals surface area contributed by atoms with Crippen molar-refractivity contribution >= 4 is 17.7 Å². The van der Waals surface area contributed by atoms with Crippen LogP contribution in [-0.4, -0.2) is 60.0 Å². The lowest BCUT2D eigenvalue weighted by Crippen LogP contribution is -2.35. The van der Waals surface area contributed by atoms with Crippen LogP contribution in [0.2, 0.25) is 5.02 Å². The molecule has 0 spiro atoms. The molecule has 0 saturated carbocycles. The highest BCUT2D eigenvalue weighted by Gasteiger charge is 2.30. The summed E-state index contributed by atoms with van der Waals surface area (Å²) in [4.78, 5) is 22.5. The monoisotopic (exact) mass is 371 g/mol. The Morgan fingerprint density at radius 2 is 2.16 bits per heavy atom. The van der Waals surface area contributed by atoms with Crippen LogP contribution in [0.3, 0.4) is 0 Å². The molecule has 1 aromatic heterocycles. The smallest absolute Gasteiger partial charge is 0.410 e. The molecule has 25 heavy (non-hydrogen) atoms. The van der Waals surface area contributed by atoms with Gasteiger partial charge in [-0.2, -0.15) is 4.98 Å². The van der Waals surface area contributed by atoms with E-state index in [2.05, 4.69) is 9.97 Å². The van der Waals surface area contributed by atoms with Gasteiger partial charge in [0.1, 0.15) is 23.1 Å². The van der Waals surface area contributed by atoms with Gasteiger partial charge in [0, 0.05) is 26.6 Å². The van der Waals surface area contributed by atoms with E-state index in [9.17, 15) is 4.79 Å². The Bertz CT molecular complexity index is 592. The Balaban J connectivity index is 1.90. The summed E-state index contributed by atoms with van der Waals surface area (Å²) in [5.74, 6) is 1.32. The lowest BCUT2D eigenvalue weighted by Gasteiger charge is -2.24. The van der Waals surface area contributed by atoms with Gasteiger partial charge in [-0.3, -0.25) is 0 Å². The minimum absolute atomic E-state index is 0.268. The van der Waals surface area contributed by atoms with E-state index in [0.29, 0.717) is 55.4 Å². The molecule has 2 heterocycles. The second-order valence-corrected chi connectivity index (χ2v) is 7.47. The average molecular weight is 372 g/mol. The number of methoxy groups -OCH3 is 1. The van der Waals surface area contributed by atoms with E-state index in [1.807, 2.05) is 20.8 Å². The summed E-state index contributed by atoms with van der Waals surface area (Å²) >= 11 is 6.06. The first-order valence-electron chi connectivity index (χ1n) is 8.39. The van der Waals surface area contributed by atoms with E-state index in [0.717, 1.165) is 6.42 Å². The average Bonchev–Trinajstić information content (AvgIpc) is 2.98. The Hall–Kier alpha value is -1.60. The molecule has 0 bridgehead atoms. The van der Waals surface area contributed by atoms with Crippen molar-refractivity contribution in [3.63, 3.8) is 0 Å². The molecule has 1 atom stereocenters. The second-order valence-electron chi connectivity index (χ2n) is 7.07. The fraction of sp³-hybridized carbons (Fsp3) is 0.706. The summed E-state index contributed by atoms with van der Waals surface area (Å²) < 4.78 is 15.9. The van der Waals surface area contributed by atoms with Crippen LogP contribution in [0.4, 0.5) is 4.79 Å². The first-order valence-corrected chi connectivity index (χ1v) is 8.77. The largest absolute Gasteiger partial charge is 0.474 e. The Labute approximate surface area is 153 Å². The van der Waals surface area contributed by atoms with E-state index < -0.39 is 5.60 Å². The van der Waals surface area contributed by atoms with Crippen molar-refractivity contribution in [1.29, 1.82) is 0 Å². The molecule has 140 valence electrons. The third kappa shape index (κ3) is 6.32. The first kappa shape index (κ1) is 19.7. The number of hydrogen-bond donors (Lipinski definition) is 0. The number of aromatic nitrogens is 2. The topological polar surface area (TPSA) is 73.8 Å². The standard InChI is InChI=1S/C17H26ClN3O4/c1-17(2,3)25-16(22)21-6-5-12(11-21)9-14-19-10-13(18)15(20-14)24-8-7-23-4/h10,12H,5-9,11H2,1-4H3. The fourth-order valence-corrected chi connectivity index (χ4v) is 2.70. The zero-order chi connectivity index (χ0) is 18.4. The Morgan fingerprint density at radius 3 is 2.84 bits per heavy atom. The molecule has 0 N–H and O–H groups in total. The van der Waals surface area contributed by atoms with Gasteiger partial charge in [0.25, 0.3) is 0 Å². The summed E-state index contributed by atoms with van der Waals surface area (Å²) in [7, 11) is 1.60. The van der Waals surface area contributed by atoms with Gasteiger partial charge < -0.3 is 19.1 Å². The Kier molecular flexibility index (Phi) is 6.84. The lowest BCUT2D eigenvalue weighted by molar-refractivity contribution is 0.0288. The number of halogens is 1. The summed E-state index contributed by atoms with van der Waals surface area (Å²) in [6.07, 6.45) is 2.84. The lowest BCUT2D eigenvalue weighted by atomic mass is 10.0. The molecule has 1 amide bonds. The molecule has 1 aliphatic heterocycles. The van der Waals surface area contributed by atoms with E-state index in [1.54, 1.807) is 18.2 Å². The number of ether oxygens (including phenoxy) is 3. The van der Waals surface area contributed by atoms with Gasteiger partial charge >= 0.3 is 6.09 Å². The highest BCUT2D eigenvalue weighted by Crippen LogP contribution is 2.25. The number of likely N-dealkylation sites (tertiary alicyclic amines) is 1. The second kappa shape index (κ2) is 8.67. The van der Waals surface area contributed by atoms with E-state index in [1.165, 1.54) is 0 Å². The van der Waals surface area contributed by atoms with Gasteiger partial charge in [-0.1, -0.05) is 11.6 Å². The van der Waals surface area contributed by atoms with Gasteiger partial charge in [-0.25, -0.2) is 9.78 Å². The van der Waals surface area contributed by atoms with E-state index in [-0.39, 0.29) is 6.09 Å². The zero-order valence-electron chi connectivity index (χ0n) is 15.2. The SMILES string of the molecule is COCCOc1nc(CC2CCN(C(=O)OC(C)(C)C)C2)ncc1Cl. The minimum atomic E-state index is -0.483. The predicted molar refractivity (Wildman–Crippen MR) is 94.0 cm³/mol. The van der Waals surface area contributed by atoms with Crippen molar-refractivity contribution in [2.45, 2.75) is 39.2 Å². The van der Waals surface area contributed by atoms with Crippen molar-refractivity contribution in [1.82, 2.24) is 14.9 Å². The molecule has 8 heteroatoms. The molecular formula is C17H26ClN3O4. The number of carbonyl (C=O) groups excluding carboxylic acids is 1. The van der Waals surface area contributed by atoms with Crippen LogP contribution in [0.15, 0.2) is 6.20 Å². The molecular weight excluding hydrogens is 346 g/mol. The van der Waals surface area contributed by atoms with Crippen LogP contribution in [0, 0.1) is 5.92 Å². The third-order valence-corrected chi connectivity index (χ3v) is 3.96. The molecule has 2 rings (SSSR count). The quantitative estimate of drug-likeness (QED) is 0.716. The molecule has 0 aromatic carbocycles. The maximum absolute atomic E-state index is 12.1. The van der Waals surface area contributed by atoms with Gasteiger partial charge in [-0.15, -0.1) is 0 Å². The van der Waals surface area contributed by atoms with Crippen LogP contribution in [0.5, 0.6) is 5.88 Å². The van der Waals surface area contributed by atoms with Gasteiger partial charge in [0.15, 0.2) is 0 Å². The third-order valence-electron chi connectivity index (χ3n) is 3.70. The van der Waals surface area contributed by atoms with Crippen molar-refractivity contribution in [3.8, 4) is 5.88 Å². The molecule has 1 saturated heterocycles. The van der Waals surface area contributed by atoms with Crippen LogP contribution in [-0.2, 0) is 15.9 Å². The van der Waals surface area contributed by atoms with Crippen LogP contribution < -0.4 is 4.74 Å². The van der Waals surface area contributed by atoms with Crippen LogP contribution in [0.1, 0.15) is 33.0 Å². The molecule has 1 aliphatic rings. The molecule has 1 unspecified atom stereocenters. The molecule has 1 fully saturated rings. The van der Waals surface area contributed by atoms with Crippen molar-refractivity contribution < 1.29 is 19.0 Å². The highest BCUT2D eigenvalue weighted by molar-refractivity contribution is 6.31. The molecule has 0 radical (unpaired) electrons. The van der Waals surface area contributed by atoms with Gasteiger partial charge in [0.2, 0.25) is 5.88 Å². The minimum Gasteiger partial charge on any atom is -0.474 e. The Morgan fingerprint density at radius 1 is 1.40 bits per heavy atom. The van der Waals surface area contributed by atoms with Crippen LogP contribution >= 0.6 is 11.6 Å². The summed E-state index contributed by atoms with van der Waals surface area (Å²) in [6, 6.07) is 0. The first-order chi connectivity index (χ1) is 11.8. The predicted octanol–water partition coefficient (Wildman–Crippen LogP) is 2.95. The fourth-order valence-electron chi connectivity index (χ4n) is 2.56. The van der Waals surface area contributed by atoms with Gasteiger partial charge in [-0.05, 0) is 33.1 Å². The molecule has 1 aromatic rings. The number of rotatable bonds is 6. The summed E-state index contributed by atoms with van der Waals surface area (Å²) in [5.41, 5.74) is -0.483. The van der Waals surface area contributed by atoms with Crippen molar-refractivity contribution in [3.05, 3.63) is 17.0 Å². The van der Waals surface area contributed by atoms with Crippen molar-refractivity contribution in [2.24, 2.45) is 5.92 Å².